The number of rotatable bonds is 6. The van der Waals surface area contributed by atoms with Crippen molar-refractivity contribution in [3.05, 3.63) is 71.6 Å². The van der Waals surface area contributed by atoms with E-state index in [1.165, 1.54) is 12.1 Å². The summed E-state index contributed by atoms with van der Waals surface area (Å²) in [6.45, 7) is 1.02. The highest BCUT2D eigenvalue weighted by Gasteiger charge is 2.30. The molecular formula is C20H20F2N4. The Morgan fingerprint density at radius 2 is 1.81 bits per heavy atom. The zero-order chi connectivity index (χ0) is 18.1. The molecule has 6 heteroatoms. The molecule has 134 valence electrons. The maximum atomic E-state index is 14.0. The highest BCUT2D eigenvalue weighted by Crippen LogP contribution is 2.30. The van der Waals surface area contributed by atoms with Gasteiger partial charge in [0.1, 0.15) is 17.5 Å². The predicted molar refractivity (Wildman–Crippen MR) is 95.1 cm³/mol. The molecule has 0 unspecified atom stereocenters. The van der Waals surface area contributed by atoms with E-state index in [0.717, 1.165) is 36.1 Å². The van der Waals surface area contributed by atoms with E-state index in [4.69, 9.17) is 0 Å². The van der Waals surface area contributed by atoms with Crippen LogP contribution >= 0.6 is 0 Å². The Labute approximate surface area is 151 Å². The topological polar surface area (TPSA) is 34.0 Å². The van der Waals surface area contributed by atoms with Gasteiger partial charge in [0.05, 0.1) is 6.54 Å². The maximum Gasteiger partial charge on any atom is 0.163 e. The Bertz CT molecular complexity index is 903. The second kappa shape index (κ2) is 6.96. The first-order chi connectivity index (χ1) is 12.6. The molecule has 1 aromatic heterocycles. The molecule has 4 rings (SSSR count). The molecule has 0 bridgehead atoms. The van der Waals surface area contributed by atoms with E-state index in [0.29, 0.717) is 24.7 Å². The third kappa shape index (κ3) is 3.51. The van der Waals surface area contributed by atoms with Gasteiger partial charge in [-0.15, -0.1) is 10.2 Å². The number of hydrogen-bond acceptors (Lipinski definition) is 3. The summed E-state index contributed by atoms with van der Waals surface area (Å²) in [6.07, 6.45) is 2.18. The van der Waals surface area contributed by atoms with Crippen molar-refractivity contribution in [1.29, 1.82) is 0 Å². The minimum absolute atomic E-state index is 0.413. The fourth-order valence-corrected chi connectivity index (χ4v) is 3.14. The van der Waals surface area contributed by atoms with Crippen LogP contribution in [0.1, 0.15) is 24.2 Å². The van der Waals surface area contributed by atoms with Crippen molar-refractivity contribution in [1.82, 2.24) is 19.7 Å². The van der Waals surface area contributed by atoms with Crippen LogP contribution in [0.4, 0.5) is 8.78 Å². The number of aromatic nitrogens is 3. The van der Waals surface area contributed by atoms with E-state index in [2.05, 4.69) is 15.1 Å². The van der Waals surface area contributed by atoms with Gasteiger partial charge in [-0.2, -0.15) is 0 Å². The highest BCUT2D eigenvalue weighted by atomic mass is 19.1. The van der Waals surface area contributed by atoms with Gasteiger partial charge in [0.15, 0.2) is 5.82 Å². The molecule has 1 fully saturated rings. The zero-order valence-corrected chi connectivity index (χ0v) is 14.6. The molecule has 1 heterocycles. The van der Waals surface area contributed by atoms with Crippen LogP contribution in [0.2, 0.25) is 0 Å². The summed E-state index contributed by atoms with van der Waals surface area (Å²) in [7, 11) is 1.95. The average Bonchev–Trinajstić information content (AvgIpc) is 3.42. The molecular weight excluding hydrogens is 334 g/mol. The lowest BCUT2D eigenvalue weighted by Gasteiger charge is -2.22. The second-order valence-corrected chi connectivity index (χ2v) is 6.74. The normalized spacial score (nSPS) is 14.2. The van der Waals surface area contributed by atoms with Crippen molar-refractivity contribution in [2.24, 2.45) is 7.05 Å². The Balaban J connectivity index is 1.55. The fourth-order valence-electron chi connectivity index (χ4n) is 3.14. The highest BCUT2D eigenvalue weighted by molar-refractivity contribution is 5.54. The Kier molecular flexibility index (Phi) is 4.51. The third-order valence-electron chi connectivity index (χ3n) is 4.79. The SMILES string of the molecule is Cn1c(CN(Cc2ccc(F)cc2F)C2CC2)nnc1-c1ccccc1. The first-order valence-corrected chi connectivity index (χ1v) is 8.73. The minimum Gasteiger partial charge on any atom is -0.313 e. The van der Waals surface area contributed by atoms with Crippen LogP contribution in [0, 0.1) is 11.6 Å². The summed E-state index contributed by atoms with van der Waals surface area (Å²) in [5, 5.41) is 8.66. The van der Waals surface area contributed by atoms with Gasteiger partial charge in [0.2, 0.25) is 0 Å². The van der Waals surface area contributed by atoms with Crippen molar-refractivity contribution in [3.63, 3.8) is 0 Å². The second-order valence-electron chi connectivity index (χ2n) is 6.74. The molecule has 0 radical (unpaired) electrons. The van der Waals surface area contributed by atoms with Gasteiger partial charge in [-0.3, -0.25) is 4.90 Å². The van der Waals surface area contributed by atoms with E-state index in [1.54, 1.807) is 0 Å². The molecule has 3 aromatic rings. The molecule has 4 nitrogen and oxygen atoms in total. The molecule has 0 N–H and O–H groups in total. The van der Waals surface area contributed by atoms with Crippen LogP contribution in [0.3, 0.4) is 0 Å². The summed E-state index contributed by atoms with van der Waals surface area (Å²) < 4.78 is 29.2. The van der Waals surface area contributed by atoms with Crippen molar-refractivity contribution in [2.75, 3.05) is 0 Å². The van der Waals surface area contributed by atoms with Crippen LogP contribution in [0.5, 0.6) is 0 Å². The van der Waals surface area contributed by atoms with Gasteiger partial charge < -0.3 is 4.57 Å². The van der Waals surface area contributed by atoms with E-state index in [1.807, 2.05) is 41.9 Å². The number of nitrogens with zero attached hydrogens (tertiary/aromatic N) is 4. The number of hydrogen-bond donors (Lipinski definition) is 0. The quantitative estimate of drug-likeness (QED) is 0.673. The van der Waals surface area contributed by atoms with Gasteiger partial charge in [-0.05, 0) is 18.9 Å². The summed E-state index contributed by atoms with van der Waals surface area (Å²) in [4.78, 5) is 2.19. The van der Waals surface area contributed by atoms with Gasteiger partial charge in [-0.25, -0.2) is 8.78 Å². The van der Waals surface area contributed by atoms with Crippen LogP contribution in [0.25, 0.3) is 11.4 Å². The summed E-state index contributed by atoms with van der Waals surface area (Å²) >= 11 is 0. The van der Waals surface area contributed by atoms with E-state index in [9.17, 15) is 8.78 Å². The first kappa shape index (κ1) is 16.8. The fraction of sp³-hybridized carbons (Fsp3) is 0.300. The molecule has 0 aliphatic heterocycles. The molecule has 1 aliphatic rings. The monoisotopic (exact) mass is 354 g/mol. The van der Waals surface area contributed by atoms with E-state index < -0.39 is 11.6 Å². The van der Waals surface area contributed by atoms with Gasteiger partial charge >= 0.3 is 0 Å². The van der Waals surface area contributed by atoms with Crippen LogP contribution in [-0.2, 0) is 20.1 Å². The summed E-state index contributed by atoms with van der Waals surface area (Å²) in [6, 6.07) is 14.1. The Hall–Kier alpha value is -2.60. The zero-order valence-electron chi connectivity index (χ0n) is 14.6. The average molecular weight is 354 g/mol. The number of benzene rings is 2. The summed E-state index contributed by atoms with van der Waals surface area (Å²) in [5.41, 5.74) is 1.51. The molecule has 0 saturated heterocycles. The molecule has 0 spiro atoms. The van der Waals surface area contributed by atoms with Crippen molar-refractivity contribution in [3.8, 4) is 11.4 Å². The van der Waals surface area contributed by atoms with Gasteiger partial charge in [-0.1, -0.05) is 36.4 Å². The molecule has 2 aromatic carbocycles. The van der Waals surface area contributed by atoms with Gasteiger partial charge in [0, 0.05) is 36.8 Å². The molecule has 0 atom stereocenters. The molecule has 1 saturated carbocycles. The Morgan fingerprint density at radius 1 is 1.04 bits per heavy atom. The van der Waals surface area contributed by atoms with Crippen molar-refractivity contribution >= 4 is 0 Å². The number of halogens is 2. The first-order valence-electron chi connectivity index (χ1n) is 8.73. The molecule has 1 aliphatic carbocycles. The van der Waals surface area contributed by atoms with Crippen LogP contribution in [0.15, 0.2) is 48.5 Å². The smallest absolute Gasteiger partial charge is 0.163 e. The van der Waals surface area contributed by atoms with Crippen molar-refractivity contribution < 1.29 is 8.78 Å². The van der Waals surface area contributed by atoms with Crippen LogP contribution < -0.4 is 0 Å². The standard InChI is InChI=1S/C20H20F2N4/c1-25-19(23-24-20(25)14-5-3-2-4-6-14)13-26(17-9-10-17)12-15-7-8-16(21)11-18(15)22/h2-8,11,17H,9-10,12-13H2,1H3. The minimum atomic E-state index is -0.551. The largest absolute Gasteiger partial charge is 0.313 e. The lowest BCUT2D eigenvalue weighted by molar-refractivity contribution is 0.233. The van der Waals surface area contributed by atoms with E-state index >= 15 is 0 Å². The van der Waals surface area contributed by atoms with Gasteiger partial charge in [0.25, 0.3) is 0 Å². The lowest BCUT2D eigenvalue weighted by Crippen LogP contribution is -2.27. The van der Waals surface area contributed by atoms with E-state index in [-0.39, 0.29) is 0 Å². The predicted octanol–water partition coefficient (Wildman–Crippen LogP) is 3.92. The van der Waals surface area contributed by atoms with Crippen molar-refractivity contribution in [2.45, 2.75) is 32.0 Å². The molecule has 0 amide bonds. The third-order valence-corrected chi connectivity index (χ3v) is 4.79. The summed E-state index contributed by atoms with van der Waals surface area (Å²) in [5.74, 6) is 0.589. The lowest BCUT2D eigenvalue weighted by atomic mass is 10.2. The maximum absolute atomic E-state index is 14.0. The van der Waals surface area contributed by atoms with Crippen LogP contribution in [-0.4, -0.2) is 25.7 Å². The Morgan fingerprint density at radius 3 is 2.50 bits per heavy atom. The molecule has 26 heavy (non-hydrogen) atoms.